The largest absolute Gasteiger partial charge is 0.456 e. The Hall–Kier alpha value is -7.42. The highest BCUT2D eigenvalue weighted by Crippen LogP contribution is 2.58. The van der Waals surface area contributed by atoms with Crippen molar-refractivity contribution in [1.82, 2.24) is 0 Å². The van der Waals surface area contributed by atoms with Crippen molar-refractivity contribution in [1.29, 1.82) is 0 Å². The molecule has 2 nitrogen and oxygen atoms in total. The van der Waals surface area contributed by atoms with Gasteiger partial charge in [-0.2, -0.15) is 0 Å². The van der Waals surface area contributed by atoms with Gasteiger partial charge in [-0.15, -0.1) is 0 Å². The van der Waals surface area contributed by atoms with Crippen LogP contribution in [0.15, 0.2) is 217 Å². The first-order chi connectivity index (χ1) is 29.5. The predicted octanol–water partition coefficient (Wildman–Crippen LogP) is 15.4. The summed E-state index contributed by atoms with van der Waals surface area (Å²) in [6.07, 6.45) is 0. The quantitative estimate of drug-likeness (QED) is 0.168. The fourth-order valence-electron chi connectivity index (χ4n) is 10.7. The van der Waals surface area contributed by atoms with E-state index in [1.165, 1.54) is 61.2 Å². The number of nitrogens with zero attached hydrogens (tertiary/aromatic N) is 1. The van der Waals surface area contributed by atoms with Crippen molar-refractivity contribution < 1.29 is 4.42 Å². The van der Waals surface area contributed by atoms with E-state index in [2.05, 4.69) is 231 Å². The van der Waals surface area contributed by atoms with Gasteiger partial charge in [0.1, 0.15) is 11.2 Å². The lowest BCUT2D eigenvalue weighted by molar-refractivity contribution is 0.648. The van der Waals surface area contributed by atoms with E-state index in [0.717, 1.165) is 44.6 Å². The van der Waals surface area contributed by atoms with Gasteiger partial charge in [-0.1, -0.05) is 190 Å². The molecule has 12 rings (SSSR count). The Kier molecular flexibility index (Phi) is 7.52. The van der Waals surface area contributed by atoms with Gasteiger partial charge in [0.15, 0.2) is 0 Å². The van der Waals surface area contributed by atoms with Crippen molar-refractivity contribution in [3.8, 4) is 33.4 Å². The van der Waals surface area contributed by atoms with E-state index in [-0.39, 0.29) is 5.41 Å². The molecule has 0 unspecified atom stereocenters. The first-order valence-electron chi connectivity index (χ1n) is 20.9. The van der Waals surface area contributed by atoms with Crippen LogP contribution in [0.2, 0.25) is 0 Å². The zero-order valence-electron chi connectivity index (χ0n) is 33.6. The Morgan fingerprint density at radius 3 is 1.67 bits per heavy atom. The van der Waals surface area contributed by atoms with Gasteiger partial charge in [0.25, 0.3) is 0 Å². The molecule has 60 heavy (non-hydrogen) atoms. The maximum atomic E-state index is 7.11. The SMILES string of the molecule is CC1(C)c2ccccc2-c2c(N(c3ccc(-c4ccccc4)cc3)c3ccc4oc5c(C6(c7ccccc7)c7ccccc7-c7ccccc76)cccc5c4c3)cccc21. The Balaban J connectivity index is 1.10. The summed E-state index contributed by atoms with van der Waals surface area (Å²) in [5.74, 6) is 0. The molecule has 2 aliphatic rings. The van der Waals surface area contributed by atoms with Crippen molar-refractivity contribution >= 4 is 39.0 Å². The molecule has 0 aliphatic heterocycles. The fourth-order valence-corrected chi connectivity index (χ4v) is 10.7. The highest BCUT2D eigenvalue weighted by atomic mass is 16.3. The summed E-state index contributed by atoms with van der Waals surface area (Å²) in [5.41, 5.74) is 19.5. The minimum atomic E-state index is -0.567. The number of fused-ring (bicyclic) bond motifs is 9. The number of hydrogen-bond donors (Lipinski definition) is 0. The van der Waals surface area contributed by atoms with Crippen LogP contribution >= 0.6 is 0 Å². The predicted molar refractivity (Wildman–Crippen MR) is 249 cm³/mol. The van der Waals surface area contributed by atoms with Crippen molar-refractivity contribution in [3.05, 3.63) is 246 Å². The molecule has 0 amide bonds. The summed E-state index contributed by atoms with van der Waals surface area (Å²) in [5, 5.41) is 2.19. The molecule has 2 heteroatoms. The van der Waals surface area contributed by atoms with E-state index in [1.54, 1.807) is 0 Å². The van der Waals surface area contributed by atoms with Crippen LogP contribution in [0.5, 0.6) is 0 Å². The molecule has 0 radical (unpaired) electrons. The summed E-state index contributed by atoms with van der Waals surface area (Å²) in [4.78, 5) is 2.45. The lowest BCUT2D eigenvalue weighted by Gasteiger charge is -2.33. The molecule has 1 heterocycles. The maximum Gasteiger partial charge on any atom is 0.140 e. The second-order valence-corrected chi connectivity index (χ2v) is 16.8. The third-order valence-corrected chi connectivity index (χ3v) is 13.4. The van der Waals surface area contributed by atoms with Gasteiger partial charge >= 0.3 is 0 Å². The second kappa shape index (κ2) is 13.0. The Morgan fingerprint density at radius 2 is 0.950 bits per heavy atom. The topological polar surface area (TPSA) is 16.4 Å². The molecule has 2 aliphatic carbocycles. The second-order valence-electron chi connectivity index (χ2n) is 16.8. The molecule has 9 aromatic carbocycles. The Bertz CT molecular complexity index is 3240. The number of anilines is 3. The lowest BCUT2D eigenvalue weighted by Crippen LogP contribution is -2.28. The molecule has 1 aromatic heterocycles. The van der Waals surface area contributed by atoms with Gasteiger partial charge in [-0.3, -0.25) is 0 Å². The number of para-hydroxylation sites is 1. The molecule has 0 spiro atoms. The Morgan fingerprint density at radius 1 is 0.400 bits per heavy atom. The van der Waals surface area contributed by atoms with E-state index >= 15 is 0 Å². The number of hydrogen-bond acceptors (Lipinski definition) is 2. The minimum absolute atomic E-state index is 0.127. The number of rotatable bonds is 6. The van der Waals surface area contributed by atoms with E-state index in [1.807, 2.05) is 0 Å². The van der Waals surface area contributed by atoms with Crippen LogP contribution in [0.1, 0.15) is 47.2 Å². The van der Waals surface area contributed by atoms with E-state index in [0.29, 0.717) is 0 Å². The highest BCUT2D eigenvalue weighted by Gasteiger charge is 2.47. The lowest BCUT2D eigenvalue weighted by atomic mass is 9.67. The average Bonchev–Trinajstić information content (AvgIpc) is 3.91. The van der Waals surface area contributed by atoms with Gasteiger partial charge in [-0.05, 0) is 92.0 Å². The molecule has 0 atom stereocenters. The Labute approximate surface area is 350 Å². The zero-order valence-corrected chi connectivity index (χ0v) is 33.6. The van der Waals surface area contributed by atoms with Crippen molar-refractivity contribution in [2.45, 2.75) is 24.7 Å². The van der Waals surface area contributed by atoms with Gasteiger partial charge < -0.3 is 9.32 Å². The molecule has 0 saturated heterocycles. The number of furan rings is 1. The minimum Gasteiger partial charge on any atom is -0.456 e. The molecule has 10 aromatic rings. The summed E-state index contributed by atoms with van der Waals surface area (Å²) >= 11 is 0. The molecule has 0 bridgehead atoms. The molecule has 0 N–H and O–H groups in total. The third-order valence-electron chi connectivity index (χ3n) is 13.4. The van der Waals surface area contributed by atoms with Gasteiger partial charge in [0.05, 0.1) is 11.1 Å². The molecular weight excluding hydrogens is 727 g/mol. The molecule has 0 saturated carbocycles. The summed E-state index contributed by atoms with van der Waals surface area (Å²) in [7, 11) is 0. The van der Waals surface area contributed by atoms with Crippen molar-refractivity contribution in [3.63, 3.8) is 0 Å². The smallest absolute Gasteiger partial charge is 0.140 e. The van der Waals surface area contributed by atoms with Crippen LogP contribution in [-0.2, 0) is 10.8 Å². The number of benzene rings is 9. The van der Waals surface area contributed by atoms with Crippen LogP contribution in [0, 0.1) is 0 Å². The van der Waals surface area contributed by atoms with Crippen molar-refractivity contribution in [2.24, 2.45) is 0 Å². The first kappa shape index (κ1) is 34.6. The van der Waals surface area contributed by atoms with E-state index < -0.39 is 5.41 Å². The normalized spacial score (nSPS) is 14.1. The third kappa shape index (κ3) is 4.82. The molecule has 0 fully saturated rings. The molecular formula is C58H41NO. The van der Waals surface area contributed by atoms with Crippen LogP contribution in [0.25, 0.3) is 55.3 Å². The summed E-state index contributed by atoms with van der Waals surface area (Å²) < 4.78 is 7.11. The van der Waals surface area contributed by atoms with Gasteiger partial charge in [0, 0.05) is 38.7 Å². The zero-order chi connectivity index (χ0) is 40.0. The van der Waals surface area contributed by atoms with E-state index in [4.69, 9.17) is 4.42 Å². The maximum absolute atomic E-state index is 7.11. The van der Waals surface area contributed by atoms with Crippen LogP contribution in [-0.4, -0.2) is 0 Å². The molecule has 284 valence electrons. The first-order valence-corrected chi connectivity index (χ1v) is 20.9. The standard InChI is InChI=1S/C58H41NO/c1-57(2)48-25-12-11-23-46(48)55-51(57)28-16-30-53(55)59(41-33-31-39(32-34-41)38-17-5-3-6-18-38)42-35-36-54-47(37-42)45-24-15-29-52(56(45)60-54)58(40-19-7-4-8-20-40)49-26-13-9-21-43(49)44-22-10-14-27-50(44)58/h3-37H,1-2H3. The van der Waals surface area contributed by atoms with Gasteiger partial charge in [-0.25, -0.2) is 0 Å². The van der Waals surface area contributed by atoms with Crippen molar-refractivity contribution in [2.75, 3.05) is 4.90 Å². The van der Waals surface area contributed by atoms with Gasteiger partial charge in [0.2, 0.25) is 0 Å². The highest BCUT2D eigenvalue weighted by molar-refractivity contribution is 6.09. The fraction of sp³-hybridized carbons (Fsp3) is 0.0690. The van der Waals surface area contributed by atoms with E-state index in [9.17, 15) is 0 Å². The summed E-state index contributed by atoms with van der Waals surface area (Å²) in [6, 6.07) is 77.7. The average molecular weight is 768 g/mol. The summed E-state index contributed by atoms with van der Waals surface area (Å²) in [6.45, 7) is 4.70. The monoisotopic (exact) mass is 767 g/mol. The van der Waals surface area contributed by atoms with Crippen LogP contribution < -0.4 is 4.90 Å². The van der Waals surface area contributed by atoms with Crippen LogP contribution in [0.3, 0.4) is 0 Å². The van der Waals surface area contributed by atoms with Crippen LogP contribution in [0.4, 0.5) is 17.1 Å².